The summed E-state index contributed by atoms with van der Waals surface area (Å²) in [5, 5.41) is 0. The number of nitrogens with zero attached hydrogens (tertiary/aromatic N) is 1. The van der Waals surface area contributed by atoms with Crippen molar-refractivity contribution in [3.8, 4) is 0 Å². The van der Waals surface area contributed by atoms with E-state index in [0.29, 0.717) is 6.04 Å². The fourth-order valence-corrected chi connectivity index (χ4v) is 0.767. The minimum absolute atomic E-state index is 0.664. The third-order valence-corrected chi connectivity index (χ3v) is 1.53. The summed E-state index contributed by atoms with van der Waals surface area (Å²) in [7, 11) is 0. The largest absolute Gasteiger partial charge is 0.197 e. The van der Waals surface area contributed by atoms with E-state index in [2.05, 4.69) is 25.6 Å². The van der Waals surface area contributed by atoms with E-state index in [-0.39, 0.29) is 0 Å². The SMILES string of the molecule is SN(S)C1CC1. The van der Waals surface area contributed by atoms with Crippen LogP contribution in [-0.2, 0) is 0 Å². The molecule has 0 N–H and O–H groups in total. The molecule has 0 amide bonds. The van der Waals surface area contributed by atoms with E-state index < -0.39 is 0 Å². The second-order valence-electron chi connectivity index (χ2n) is 1.55. The van der Waals surface area contributed by atoms with E-state index in [1.54, 1.807) is 3.71 Å². The zero-order valence-electron chi connectivity index (χ0n) is 3.33. The monoisotopic (exact) mass is 121 g/mol. The van der Waals surface area contributed by atoms with Gasteiger partial charge in [-0.1, -0.05) is 25.6 Å². The van der Waals surface area contributed by atoms with Crippen LogP contribution >= 0.6 is 25.6 Å². The lowest BCUT2D eigenvalue weighted by Gasteiger charge is -1.99. The molecule has 1 aliphatic rings. The molecule has 0 unspecified atom stereocenters. The van der Waals surface area contributed by atoms with Crippen molar-refractivity contribution < 1.29 is 0 Å². The molecule has 0 bridgehead atoms. The van der Waals surface area contributed by atoms with Crippen LogP contribution in [0.1, 0.15) is 12.8 Å². The fraction of sp³-hybridized carbons (Fsp3) is 1.00. The first-order chi connectivity index (χ1) is 2.80. The predicted octanol–water partition coefficient (Wildman–Crippen LogP) is 1.14. The van der Waals surface area contributed by atoms with Crippen molar-refractivity contribution in [2.75, 3.05) is 0 Å². The summed E-state index contributed by atoms with van der Waals surface area (Å²) in [5.74, 6) is 0. The van der Waals surface area contributed by atoms with Gasteiger partial charge in [0, 0.05) is 6.04 Å². The van der Waals surface area contributed by atoms with Crippen molar-refractivity contribution in [3.63, 3.8) is 0 Å². The van der Waals surface area contributed by atoms with Crippen LogP contribution in [0.5, 0.6) is 0 Å². The van der Waals surface area contributed by atoms with Gasteiger partial charge in [-0.25, -0.2) is 0 Å². The van der Waals surface area contributed by atoms with Gasteiger partial charge in [0.15, 0.2) is 0 Å². The molecule has 1 aliphatic carbocycles. The van der Waals surface area contributed by atoms with E-state index in [9.17, 15) is 0 Å². The summed E-state index contributed by atoms with van der Waals surface area (Å²) in [5.41, 5.74) is 0. The molecule has 36 valence electrons. The smallest absolute Gasteiger partial charge is 0.0311 e. The van der Waals surface area contributed by atoms with Crippen LogP contribution in [0.4, 0.5) is 0 Å². The first kappa shape index (κ1) is 4.81. The molecular formula is C3H7NS2. The van der Waals surface area contributed by atoms with Crippen LogP contribution in [0.3, 0.4) is 0 Å². The minimum atomic E-state index is 0.664. The number of hydrogen-bond acceptors (Lipinski definition) is 3. The van der Waals surface area contributed by atoms with Crippen LogP contribution in [0.25, 0.3) is 0 Å². The molecule has 0 atom stereocenters. The van der Waals surface area contributed by atoms with E-state index in [4.69, 9.17) is 0 Å². The molecule has 1 nitrogen and oxygen atoms in total. The van der Waals surface area contributed by atoms with E-state index in [0.717, 1.165) is 0 Å². The Kier molecular flexibility index (Phi) is 1.31. The maximum Gasteiger partial charge on any atom is 0.0311 e. The Morgan fingerprint density at radius 1 is 1.33 bits per heavy atom. The van der Waals surface area contributed by atoms with Crippen LogP contribution in [-0.4, -0.2) is 9.75 Å². The summed E-state index contributed by atoms with van der Waals surface area (Å²) >= 11 is 7.91. The summed E-state index contributed by atoms with van der Waals surface area (Å²) in [6.45, 7) is 0. The van der Waals surface area contributed by atoms with Crippen molar-refractivity contribution >= 4 is 25.6 Å². The van der Waals surface area contributed by atoms with E-state index in [1.807, 2.05) is 0 Å². The average molecular weight is 121 g/mol. The van der Waals surface area contributed by atoms with E-state index >= 15 is 0 Å². The molecule has 0 aromatic carbocycles. The van der Waals surface area contributed by atoms with Gasteiger partial charge in [0.1, 0.15) is 0 Å². The Morgan fingerprint density at radius 2 is 1.83 bits per heavy atom. The molecule has 1 saturated carbocycles. The lowest BCUT2D eigenvalue weighted by molar-refractivity contribution is 0.750. The predicted molar refractivity (Wildman–Crippen MR) is 32.8 cm³/mol. The quantitative estimate of drug-likeness (QED) is 0.492. The summed E-state index contributed by atoms with van der Waals surface area (Å²) < 4.78 is 1.67. The zero-order chi connectivity index (χ0) is 4.57. The van der Waals surface area contributed by atoms with Crippen LogP contribution in [0, 0.1) is 0 Å². The highest BCUT2D eigenvalue weighted by molar-refractivity contribution is 7.93. The lowest BCUT2D eigenvalue weighted by Crippen LogP contribution is -1.97. The summed E-state index contributed by atoms with van der Waals surface area (Å²) in [6.07, 6.45) is 2.54. The third kappa shape index (κ3) is 1.06. The summed E-state index contributed by atoms with van der Waals surface area (Å²) in [4.78, 5) is 0. The van der Waals surface area contributed by atoms with Crippen molar-refractivity contribution in [1.29, 1.82) is 0 Å². The van der Waals surface area contributed by atoms with Crippen LogP contribution in [0.15, 0.2) is 0 Å². The van der Waals surface area contributed by atoms with Gasteiger partial charge in [0.05, 0.1) is 0 Å². The highest BCUT2D eigenvalue weighted by Gasteiger charge is 2.24. The van der Waals surface area contributed by atoms with Gasteiger partial charge in [-0.3, -0.25) is 0 Å². The number of hydrogen-bond donors (Lipinski definition) is 2. The van der Waals surface area contributed by atoms with Gasteiger partial charge >= 0.3 is 0 Å². The molecule has 0 saturated heterocycles. The molecule has 0 heterocycles. The van der Waals surface area contributed by atoms with Gasteiger partial charge in [-0.15, -0.1) is 0 Å². The molecule has 1 rings (SSSR count). The average Bonchev–Trinajstić information content (AvgIpc) is 2.06. The Morgan fingerprint density at radius 3 is 1.83 bits per heavy atom. The first-order valence-corrected chi connectivity index (χ1v) is 2.77. The molecule has 0 aromatic rings. The second kappa shape index (κ2) is 1.64. The Bertz CT molecular complexity index is 50.8. The normalized spacial score (nSPS) is 22.5. The second-order valence-corrected chi connectivity index (χ2v) is 2.73. The van der Waals surface area contributed by atoms with Gasteiger partial charge in [0.2, 0.25) is 0 Å². The minimum Gasteiger partial charge on any atom is -0.197 e. The molecule has 6 heavy (non-hydrogen) atoms. The summed E-state index contributed by atoms with van der Waals surface area (Å²) in [6, 6.07) is 0.664. The highest BCUT2D eigenvalue weighted by Crippen LogP contribution is 2.28. The molecular weight excluding hydrogens is 114 g/mol. The lowest BCUT2D eigenvalue weighted by atomic mass is 10.8. The van der Waals surface area contributed by atoms with Crippen molar-refractivity contribution in [1.82, 2.24) is 3.71 Å². The van der Waals surface area contributed by atoms with Crippen molar-refractivity contribution in [2.45, 2.75) is 18.9 Å². The van der Waals surface area contributed by atoms with Crippen LogP contribution in [0.2, 0.25) is 0 Å². The Balaban J connectivity index is 2.13. The van der Waals surface area contributed by atoms with Gasteiger partial charge in [-0.05, 0) is 12.8 Å². The molecule has 0 aromatic heterocycles. The van der Waals surface area contributed by atoms with E-state index in [1.165, 1.54) is 12.8 Å². The third-order valence-electron chi connectivity index (χ3n) is 0.873. The molecule has 0 radical (unpaired) electrons. The molecule has 1 fully saturated rings. The standard InChI is InChI=1S/C3H7NS2/c5-4(6)3-1-2-3/h3,5-6H,1-2H2. The van der Waals surface area contributed by atoms with Crippen molar-refractivity contribution in [2.24, 2.45) is 0 Å². The number of thiol groups is 2. The van der Waals surface area contributed by atoms with Gasteiger partial charge in [0.25, 0.3) is 0 Å². The Labute approximate surface area is 48.8 Å². The highest BCUT2D eigenvalue weighted by atomic mass is 32.2. The zero-order valence-corrected chi connectivity index (χ0v) is 5.12. The Hall–Kier alpha value is 0.660. The molecule has 0 spiro atoms. The van der Waals surface area contributed by atoms with Gasteiger partial charge in [-0.2, -0.15) is 3.71 Å². The first-order valence-electron chi connectivity index (χ1n) is 1.97. The van der Waals surface area contributed by atoms with Crippen molar-refractivity contribution in [3.05, 3.63) is 0 Å². The topological polar surface area (TPSA) is 3.24 Å². The maximum atomic E-state index is 3.95. The number of rotatable bonds is 1. The van der Waals surface area contributed by atoms with Gasteiger partial charge < -0.3 is 0 Å². The fourth-order valence-electron chi connectivity index (χ4n) is 0.305. The molecule has 0 aliphatic heterocycles. The maximum absolute atomic E-state index is 3.95. The molecule has 3 heteroatoms. The van der Waals surface area contributed by atoms with Crippen LogP contribution < -0.4 is 0 Å².